The van der Waals surface area contributed by atoms with Crippen LogP contribution in [0.25, 0.3) is 22.2 Å². The summed E-state index contributed by atoms with van der Waals surface area (Å²) < 4.78 is 0. The number of pyridine rings is 1. The van der Waals surface area contributed by atoms with Crippen molar-refractivity contribution in [3.63, 3.8) is 0 Å². The molecule has 0 spiro atoms. The van der Waals surface area contributed by atoms with Crippen LogP contribution in [0.5, 0.6) is 0 Å². The highest BCUT2D eigenvalue weighted by Gasteiger charge is 2.10. The Morgan fingerprint density at radius 1 is 1.05 bits per heavy atom. The molecule has 0 saturated carbocycles. The Kier molecular flexibility index (Phi) is 3.43. The topological polar surface area (TPSA) is 33.1 Å². The van der Waals surface area contributed by atoms with Gasteiger partial charge in [-0.25, -0.2) is 4.98 Å². The van der Waals surface area contributed by atoms with E-state index >= 15 is 0 Å². The fourth-order valence-corrected chi connectivity index (χ4v) is 2.44. The summed E-state index contributed by atoms with van der Waals surface area (Å²) in [6.45, 7) is 1.77. The SMILES string of the molecule is CC(O)c1cc(-c2ccc(Cl)cc2)nc2ccccc12. The van der Waals surface area contributed by atoms with Crippen molar-refractivity contribution in [2.75, 3.05) is 0 Å². The van der Waals surface area contributed by atoms with Crippen molar-refractivity contribution in [2.45, 2.75) is 13.0 Å². The molecule has 2 nitrogen and oxygen atoms in total. The number of hydrogen-bond donors (Lipinski definition) is 1. The molecule has 1 heterocycles. The van der Waals surface area contributed by atoms with Crippen molar-refractivity contribution in [1.29, 1.82) is 0 Å². The fourth-order valence-electron chi connectivity index (χ4n) is 2.32. The Labute approximate surface area is 122 Å². The van der Waals surface area contributed by atoms with E-state index in [0.29, 0.717) is 5.02 Å². The van der Waals surface area contributed by atoms with Gasteiger partial charge in [0, 0.05) is 16.0 Å². The third kappa shape index (κ3) is 2.40. The molecule has 3 aromatic rings. The van der Waals surface area contributed by atoms with Gasteiger partial charge in [0.2, 0.25) is 0 Å². The maximum atomic E-state index is 9.99. The molecule has 0 saturated heterocycles. The highest BCUT2D eigenvalue weighted by molar-refractivity contribution is 6.30. The summed E-state index contributed by atoms with van der Waals surface area (Å²) in [6, 6.07) is 17.3. The van der Waals surface area contributed by atoms with Gasteiger partial charge in [0.05, 0.1) is 17.3 Å². The summed E-state index contributed by atoms with van der Waals surface area (Å²) in [7, 11) is 0. The van der Waals surface area contributed by atoms with E-state index in [-0.39, 0.29) is 0 Å². The second kappa shape index (κ2) is 5.23. The lowest BCUT2D eigenvalue weighted by atomic mass is 10.0. The molecule has 100 valence electrons. The molecule has 3 heteroatoms. The maximum absolute atomic E-state index is 9.99. The molecule has 0 bridgehead atoms. The Morgan fingerprint density at radius 2 is 1.75 bits per heavy atom. The lowest BCUT2D eigenvalue weighted by molar-refractivity contribution is 0.201. The zero-order chi connectivity index (χ0) is 14.1. The molecule has 1 atom stereocenters. The summed E-state index contributed by atoms with van der Waals surface area (Å²) in [5.74, 6) is 0. The number of aliphatic hydroxyl groups excluding tert-OH is 1. The summed E-state index contributed by atoms with van der Waals surface area (Å²) in [4.78, 5) is 4.66. The number of benzene rings is 2. The van der Waals surface area contributed by atoms with Crippen molar-refractivity contribution in [2.24, 2.45) is 0 Å². The van der Waals surface area contributed by atoms with Gasteiger partial charge in [-0.15, -0.1) is 0 Å². The highest BCUT2D eigenvalue weighted by atomic mass is 35.5. The zero-order valence-electron chi connectivity index (χ0n) is 11.0. The Morgan fingerprint density at radius 3 is 2.45 bits per heavy atom. The number of aliphatic hydroxyl groups is 1. The van der Waals surface area contributed by atoms with Crippen LogP contribution in [-0.2, 0) is 0 Å². The maximum Gasteiger partial charge on any atom is 0.0769 e. The number of para-hydroxylation sites is 1. The summed E-state index contributed by atoms with van der Waals surface area (Å²) in [6.07, 6.45) is -0.533. The highest BCUT2D eigenvalue weighted by Crippen LogP contribution is 2.29. The van der Waals surface area contributed by atoms with Gasteiger partial charge in [-0.3, -0.25) is 0 Å². The van der Waals surface area contributed by atoms with Crippen LogP contribution in [0, 0.1) is 0 Å². The van der Waals surface area contributed by atoms with Crippen LogP contribution in [0.4, 0.5) is 0 Å². The first-order chi connectivity index (χ1) is 9.65. The molecule has 0 fully saturated rings. The summed E-state index contributed by atoms with van der Waals surface area (Å²) >= 11 is 5.92. The Hall–Kier alpha value is -1.90. The lowest BCUT2D eigenvalue weighted by Gasteiger charge is -2.12. The quantitative estimate of drug-likeness (QED) is 0.745. The van der Waals surface area contributed by atoms with Crippen LogP contribution in [0.1, 0.15) is 18.6 Å². The first-order valence-electron chi connectivity index (χ1n) is 6.49. The second-order valence-corrected chi connectivity index (χ2v) is 5.23. The van der Waals surface area contributed by atoms with Gasteiger partial charge >= 0.3 is 0 Å². The number of nitrogens with zero attached hydrogens (tertiary/aromatic N) is 1. The van der Waals surface area contributed by atoms with Gasteiger partial charge in [0.15, 0.2) is 0 Å². The van der Waals surface area contributed by atoms with Crippen molar-refractivity contribution >= 4 is 22.5 Å². The zero-order valence-corrected chi connectivity index (χ0v) is 11.8. The van der Waals surface area contributed by atoms with Gasteiger partial charge in [-0.2, -0.15) is 0 Å². The van der Waals surface area contributed by atoms with Crippen LogP contribution >= 0.6 is 11.6 Å². The molecule has 0 radical (unpaired) electrons. The molecule has 0 aliphatic carbocycles. The van der Waals surface area contributed by atoms with Crippen molar-refractivity contribution in [1.82, 2.24) is 4.98 Å². The number of fused-ring (bicyclic) bond motifs is 1. The van der Waals surface area contributed by atoms with Gasteiger partial charge in [-0.05, 0) is 36.8 Å². The predicted molar refractivity (Wildman–Crippen MR) is 82.8 cm³/mol. The molecular weight excluding hydrogens is 270 g/mol. The number of rotatable bonds is 2. The van der Waals surface area contributed by atoms with Gasteiger partial charge in [-0.1, -0.05) is 41.9 Å². The van der Waals surface area contributed by atoms with E-state index in [1.807, 2.05) is 54.6 Å². The average Bonchev–Trinajstić information content (AvgIpc) is 2.46. The minimum Gasteiger partial charge on any atom is -0.389 e. The average molecular weight is 284 g/mol. The third-order valence-corrected chi connectivity index (χ3v) is 3.59. The van der Waals surface area contributed by atoms with Gasteiger partial charge < -0.3 is 5.11 Å². The summed E-state index contributed by atoms with van der Waals surface area (Å²) in [5.41, 5.74) is 3.61. The summed E-state index contributed by atoms with van der Waals surface area (Å²) in [5, 5.41) is 11.7. The molecule has 1 unspecified atom stereocenters. The third-order valence-electron chi connectivity index (χ3n) is 3.34. The first-order valence-corrected chi connectivity index (χ1v) is 6.86. The predicted octanol–water partition coefficient (Wildman–Crippen LogP) is 4.61. The Bertz CT molecular complexity index is 751. The van der Waals surface area contributed by atoms with Gasteiger partial charge in [0.1, 0.15) is 0 Å². The van der Waals surface area contributed by atoms with Crippen molar-refractivity contribution in [3.05, 3.63) is 65.2 Å². The molecule has 2 aromatic carbocycles. The van der Waals surface area contributed by atoms with E-state index in [0.717, 1.165) is 27.7 Å². The minimum atomic E-state index is -0.533. The standard InChI is InChI=1S/C17H14ClNO/c1-11(20)15-10-17(12-6-8-13(18)9-7-12)19-16-5-3-2-4-14(15)16/h2-11,20H,1H3. The second-order valence-electron chi connectivity index (χ2n) is 4.80. The molecule has 3 rings (SSSR count). The van der Waals surface area contributed by atoms with Crippen LogP contribution < -0.4 is 0 Å². The van der Waals surface area contributed by atoms with Crippen molar-refractivity contribution in [3.8, 4) is 11.3 Å². The van der Waals surface area contributed by atoms with E-state index in [2.05, 4.69) is 4.98 Å². The van der Waals surface area contributed by atoms with Crippen LogP contribution in [0.15, 0.2) is 54.6 Å². The number of halogens is 1. The molecule has 1 N–H and O–H groups in total. The van der Waals surface area contributed by atoms with Crippen LogP contribution in [0.3, 0.4) is 0 Å². The van der Waals surface area contributed by atoms with E-state index in [1.165, 1.54) is 0 Å². The lowest BCUT2D eigenvalue weighted by Crippen LogP contribution is -1.96. The number of hydrogen-bond acceptors (Lipinski definition) is 2. The van der Waals surface area contributed by atoms with Crippen LogP contribution in [-0.4, -0.2) is 10.1 Å². The van der Waals surface area contributed by atoms with Crippen molar-refractivity contribution < 1.29 is 5.11 Å². The van der Waals surface area contributed by atoms with Gasteiger partial charge in [0.25, 0.3) is 0 Å². The minimum absolute atomic E-state index is 0.533. The van der Waals surface area contributed by atoms with Crippen LogP contribution in [0.2, 0.25) is 5.02 Å². The largest absolute Gasteiger partial charge is 0.389 e. The molecule has 0 aliphatic heterocycles. The Balaban J connectivity index is 2.24. The number of aromatic nitrogens is 1. The molecule has 1 aromatic heterocycles. The van der Waals surface area contributed by atoms with E-state index < -0.39 is 6.10 Å². The molecule has 0 amide bonds. The smallest absolute Gasteiger partial charge is 0.0769 e. The van der Waals surface area contributed by atoms with E-state index in [1.54, 1.807) is 6.92 Å². The van der Waals surface area contributed by atoms with E-state index in [9.17, 15) is 5.11 Å². The monoisotopic (exact) mass is 283 g/mol. The normalized spacial score (nSPS) is 12.6. The first kappa shape index (κ1) is 13.1. The molecule has 20 heavy (non-hydrogen) atoms. The molecule has 0 aliphatic rings. The molecular formula is C17H14ClNO. The van der Waals surface area contributed by atoms with E-state index in [4.69, 9.17) is 11.6 Å². The fraction of sp³-hybridized carbons (Fsp3) is 0.118.